The number of nitrogens with zero attached hydrogens (tertiary/aromatic N) is 5. The molecule has 0 spiro atoms. The maximum atomic E-state index is 12.4. The molecule has 8 heteroatoms. The van der Waals surface area contributed by atoms with Crippen molar-refractivity contribution in [3.05, 3.63) is 65.9 Å². The average molecular weight is 401 g/mol. The molecule has 2 N–H and O–H groups in total. The molecule has 8 nitrogen and oxygen atoms in total. The molecular formula is C22H23N7O. The topological polar surface area (TPSA) is 89.1 Å². The van der Waals surface area contributed by atoms with E-state index in [9.17, 15) is 4.79 Å². The number of fused-ring (bicyclic) bond motifs is 1. The van der Waals surface area contributed by atoms with Crippen LogP contribution in [0.2, 0.25) is 0 Å². The molecule has 1 aliphatic rings. The fourth-order valence-electron chi connectivity index (χ4n) is 3.56. The summed E-state index contributed by atoms with van der Waals surface area (Å²) in [5, 5.41) is 10.7. The van der Waals surface area contributed by atoms with E-state index in [0.29, 0.717) is 18.4 Å². The van der Waals surface area contributed by atoms with Gasteiger partial charge in [0.1, 0.15) is 0 Å². The zero-order valence-electron chi connectivity index (χ0n) is 17.0. The standard InChI is InChI=1S/C22H23N7O/c1-14-11-15(3-6-18(14)22(30)26-16-4-5-16)19-13-25-21-20(23-8-10-29(19)21)24-12-17-7-9-28(2)27-17/h3,6-11,13,16H,4-5,12H2,1-2H3,(H,23,24)(H,26,30). The second kappa shape index (κ2) is 7.29. The third-order valence-corrected chi connectivity index (χ3v) is 5.31. The Morgan fingerprint density at radius 3 is 2.80 bits per heavy atom. The Balaban J connectivity index is 1.42. The van der Waals surface area contributed by atoms with Crippen LogP contribution < -0.4 is 10.6 Å². The van der Waals surface area contributed by atoms with Gasteiger partial charge >= 0.3 is 0 Å². The first-order valence-electron chi connectivity index (χ1n) is 10.0. The summed E-state index contributed by atoms with van der Waals surface area (Å²) < 4.78 is 3.78. The van der Waals surface area contributed by atoms with Crippen LogP contribution in [0.5, 0.6) is 0 Å². The Hall–Kier alpha value is -3.68. The molecule has 0 radical (unpaired) electrons. The summed E-state index contributed by atoms with van der Waals surface area (Å²) in [6.07, 6.45) is 9.55. The maximum Gasteiger partial charge on any atom is 0.251 e. The zero-order valence-corrected chi connectivity index (χ0v) is 17.0. The SMILES string of the molecule is Cc1cc(-c2cnc3c(NCc4ccn(C)n4)nccn23)ccc1C(=O)NC1CC1. The van der Waals surface area contributed by atoms with Crippen molar-refractivity contribution in [1.29, 1.82) is 0 Å². The lowest BCUT2D eigenvalue weighted by Gasteiger charge is -2.10. The van der Waals surface area contributed by atoms with Crippen LogP contribution in [-0.4, -0.2) is 36.1 Å². The van der Waals surface area contributed by atoms with E-state index in [0.717, 1.165) is 46.6 Å². The van der Waals surface area contributed by atoms with Gasteiger partial charge in [0.15, 0.2) is 11.5 Å². The number of benzene rings is 1. The molecule has 1 fully saturated rings. The lowest BCUT2D eigenvalue weighted by Crippen LogP contribution is -2.26. The van der Waals surface area contributed by atoms with Crippen molar-refractivity contribution < 1.29 is 4.79 Å². The minimum Gasteiger partial charge on any atom is -0.361 e. The van der Waals surface area contributed by atoms with Crippen LogP contribution >= 0.6 is 0 Å². The van der Waals surface area contributed by atoms with E-state index in [1.807, 2.05) is 61.2 Å². The van der Waals surface area contributed by atoms with Gasteiger partial charge in [0.2, 0.25) is 0 Å². The van der Waals surface area contributed by atoms with Crippen molar-refractivity contribution in [2.75, 3.05) is 5.32 Å². The molecule has 1 aliphatic carbocycles. The van der Waals surface area contributed by atoms with E-state index in [4.69, 9.17) is 0 Å². The van der Waals surface area contributed by atoms with E-state index >= 15 is 0 Å². The highest BCUT2D eigenvalue weighted by Crippen LogP contribution is 2.26. The van der Waals surface area contributed by atoms with Gasteiger partial charge in [-0.15, -0.1) is 0 Å². The molecule has 4 aromatic rings. The van der Waals surface area contributed by atoms with Gasteiger partial charge in [0.25, 0.3) is 5.91 Å². The average Bonchev–Trinajstić information content (AvgIpc) is 3.28. The third kappa shape index (κ3) is 3.52. The second-order valence-corrected chi connectivity index (χ2v) is 7.72. The van der Waals surface area contributed by atoms with Crippen LogP contribution in [0.25, 0.3) is 16.9 Å². The van der Waals surface area contributed by atoms with Gasteiger partial charge in [-0.25, -0.2) is 9.97 Å². The summed E-state index contributed by atoms with van der Waals surface area (Å²) in [5.41, 5.74) is 5.30. The third-order valence-electron chi connectivity index (χ3n) is 5.31. The number of carbonyl (C=O) groups is 1. The number of nitrogens with one attached hydrogen (secondary N) is 2. The molecule has 0 atom stereocenters. The zero-order chi connectivity index (χ0) is 20.7. The maximum absolute atomic E-state index is 12.4. The summed E-state index contributed by atoms with van der Waals surface area (Å²) in [6, 6.07) is 8.21. The normalized spacial score (nSPS) is 13.5. The number of anilines is 1. The molecule has 0 saturated heterocycles. The smallest absolute Gasteiger partial charge is 0.251 e. The predicted octanol–water partition coefficient (Wildman–Crippen LogP) is 2.94. The van der Waals surface area contributed by atoms with E-state index in [2.05, 4.69) is 25.7 Å². The minimum atomic E-state index is 0.00454. The lowest BCUT2D eigenvalue weighted by atomic mass is 10.0. The molecule has 0 aliphatic heterocycles. The minimum absolute atomic E-state index is 0.00454. The van der Waals surface area contributed by atoms with Crippen LogP contribution in [0.15, 0.2) is 49.1 Å². The number of hydrogen-bond acceptors (Lipinski definition) is 5. The van der Waals surface area contributed by atoms with E-state index in [-0.39, 0.29) is 5.91 Å². The number of rotatable bonds is 6. The van der Waals surface area contributed by atoms with Crippen LogP contribution in [-0.2, 0) is 13.6 Å². The summed E-state index contributed by atoms with van der Waals surface area (Å²) in [5.74, 6) is 0.705. The molecule has 1 saturated carbocycles. The molecular weight excluding hydrogens is 378 g/mol. The number of amides is 1. The van der Waals surface area contributed by atoms with Gasteiger partial charge in [0, 0.05) is 42.8 Å². The molecule has 1 amide bonds. The predicted molar refractivity (Wildman–Crippen MR) is 114 cm³/mol. The summed E-state index contributed by atoms with van der Waals surface area (Å²) >= 11 is 0. The number of aryl methyl sites for hydroxylation is 2. The van der Waals surface area contributed by atoms with E-state index < -0.39 is 0 Å². The van der Waals surface area contributed by atoms with Crippen molar-refractivity contribution in [2.45, 2.75) is 32.4 Å². The number of aromatic nitrogens is 5. The first kappa shape index (κ1) is 18.4. The fraction of sp³-hybridized carbons (Fsp3) is 0.273. The Morgan fingerprint density at radius 1 is 1.20 bits per heavy atom. The lowest BCUT2D eigenvalue weighted by molar-refractivity contribution is 0.0950. The van der Waals surface area contributed by atoms with Crippen LogP contribution in [0.3, 0.4) is 0 Å². The largest absolute Gasteiger partial charge is 0.361 e. The molecule has 152 valence electrons. The molecule has 30 heavy (non-hydrogen) atoms. The second-order valence-electron chi connectivity index (χ2n) is 7.72. The fourth-order valence-corrected chi connectivity index (χ4v) is 3.56. The summed E-state index contributed by atoms with van der Waals surface area (Å²) in [6.45, 7) is 2.54. The number of hydrogen-bond donors (Lipinski definition) is 2. The van der Waals surface area contributed by atoms with Gasteiger partial charge < -0.3 is 10.6 Å². The highest BCUT2D eigenvalue weighted by Gasteiger charge is 2.24. The van der Waals surface area contributed by atoms with E-state index in [1.165, 1.54) is 0 Å². The van der Waals surface area contributed by atoms with Crippen molar-refractivity contribution in [1.82, 2.24) is 29.5 Å². The molecule has 3 aromatic heterocycles. The summed E-state index contributed by atoms with van der Waals surface area (Å²) in [4.78, 5) is 21.4. The van der Waals surface area contributed by atoms with Gasteiger partial charge in [-0.2, -0.15) is 5.10 Å². The molecule has 1 aromatic carbocycles. The first-order valence-corrected chi connectivity index (χ1v) is 10.0. The molecule has 0 unspecified atom stereocenters. The molecule has 5 rings (SSSR count). The van der Waals surface area contributed by atoms with Crippen LogP contribution in [0.1, 0.15) is 34.5 Å². The van der Waals surface area contributed by atoms with Crippen LogP contribution in [0.4, 0.5) is 5.82 Å². The summed E-state index contributed by atoms with van der Waals surface area (Å²) in [7, 11) is 1.90. The van der Waals surface area contributed by atoms with Crippen molar-refractivity contribution in [3.63, 3.8) is 0 Å². The highest BCUT2D eigenvalue weighted by atomic mass is 16.1. The van der Waals surface area contributed by atoms with Crippen molar-refractivity contribution in [2.24, 2.45) is 7.05 Å². The van der Waals surface area contributed by atoms with Gasteiger partial charge in [-0.3, -0.25) is 13.9 Å². The highest BCUT2D eigenvalue weighted by molar-refractivity contribution is 5.96. The van der Waals surface area contributed by atoms with E-state index in [1.54, 1.807) is 10.9 Å². The molecule has 0 bridgehead atoms. The van der Waals surface area contributed by atoms with Crippen LogP contribution in [0, 0.1) is 6.92 Å². The van der Waals surface area contributed by atoms with Gasteiger partial charge in [-0.1, -0.05) is 6.07 Å². The van der Waals surface area contributed by atoms with Crippen molar-refractivity contribution >= 4 is 17.4 Å². The van der Waals surface area contributed by atoms with Crippen molar-refractivity contribution in [3.8, 4) is 11.3 Å². The Morgan fingerprint density at radius 2 is 2.07 bits per heavy atom. The first-order chi connectivity index (χ1) is 14.6. The van der Waals surface area contributed by atoms with Gasteiger partial charge in [0.05, 0.1) is 24.1 Å². The molecule has 3 heterocycles. The monoisotopic (exact) mass is 401 g/mol. The Labute approximate surface area is 174 Å². The Kier molecular flexibility index (Phi) is 4.46. The quantitative estimate of drug-likeness (QED) is 0.519. The Bertz CT molecular complexity index is 1240. The number of imidazole rings is 1. The number of carbonyl (C=O) groups excluding carboxylic acids is 1. The van der Waals surface area contributed by atoms with Gasteiger partial charge in [-0.05, 0) is 43.5 Å².